The van der Waals surface area contributed by atoms with E-state index in [9.17, 15) is 17.6 Å². The van der Waals surface area contributed by atoms with Gasteiger partial charge in [-0.05, 0) is 60.0 Å². The molecule has 4 aromatic rings. The maximum atomic E-state index is 13.9. The molecule has 1 aromatic heterocycles. The molecule has 0 spiro atoms. The van der Waals surface area contributed by atoms with Crippen LogP contribution in [0.25, 0.3) is 22.0 Å². The van der Waals surface area contributed by atoms with Crippen molar-refractivity contribution in [2.45, 2.75) is 6.92 Å². The van der Waals surface area contributed by atoms with Crippen LogP contribution in [0.15, 0.2) is 54.6 Å². The molecule has 0 aliphatic heterocycles. The van der Waals surface area contributed by atoms with E-state index in [0.717, 1.165) is 22.9 Å². The molecule has 0 radical (unpaired) electrons. The van der Waals surface area contributed by atoms with Crippen molar-refractivity contribution in [3.8, 4) is 16.9 Å². The van der Waals surface area contributed by atoms with Gasteiger partial charge in [-0.3, -0.25) is 5.10 Å². The Morgan fingerprint density at radius 1 is 1.11 bits per heavy atom. The summed E-state index contributed by atoms with van der Waals surface area (Å²) in [5.74, 6) is 0.236. The van der Waals surface area contributed by atoms with Gasteiger partial charge in [0.1, 0.15) is 23.7 Å². The zero-order valence-corrected chi connectivity index (χ0v) is 20.4. The fourth-order valence-electron chi connectivity index (χ4n) is 3.63. The van der Waals surface area contributed by atoms with Crippen LogP contribution in [0.1, 0.15) is 5.56 Å². The highest BCUT2D eigenvalue weighted by Crippen LogP contribution is 2.36. The van der Waals surface area contributed by atoms with Crippen LogP contribution < -0.4 is 25.8 Å². The summed E-state index contributed by atoms with van der Waals surface area (Å²) in [4.78, 5) is 12.3. The van der Waals surface area contributed by atoms with E-state index in [1.807, 2.05) is 6.07 Å². The van der Waals surface area contributed by atoms with Gasteiger partial charge >= 0.3 is 6.03 Å². The van der Waals surface area contributed by atoms with Crippen LogP contribution in [0, 0.1) is 12.7 Å². The normalized spacial score (nSPS) is 11.4. The van der Waals surface area contributed by atoms with Crippen molar-refractivity contribution in [3.63, 3.8) is 0 Å². The Hall–Kier alpha value is -4.16. The predicted octanol–water partition coefficient (Wildman–Crippen LogP) is 3.83. The number of ether oxygens (including phenoxy) is 1. The molecule has 0 saturated heterocycles. The molecular formula is C24H25FN6O4S. The van der Waals surface area contributed by atoms with E-state index in [1.54, 1.807) is 49.4 Å². The minimum atomic E-state index is -3.31. The molecule has 2 amide bonds. The average molecular weight is 513 g/mol. The lowest BCUT2D eigenvalue weighted by Gasteiger charge is -2.12. The first-order valence-corrected chi connectivity index (χ1v) is 12.8. The number of fused-ring (bicyclic) bond motifs is 1. The van der Waals surface area contributed by atoms with Crippen LogP contribution in [-0.4, -0.2) is 44.1 Å². The molecule has 0 aliphatic carbocycles. The molecule has 188 valence electrons. The quantitative estimate of drug-likeness (QED) is 0.226. The number of hydrogen-bond acceptors (Lipinski definition) is 6. The number of hydrogen-bond donors (Lipinski definition) is 5. The van der Waals surface area contributed by atoms with Gasteiger partial charge in [0, 0.05) is 12.2 Å². The number of sulfonamides is 1. The minimum absolute atomic E-state index is 0.0938. The first-order chi connectivity index (χ1) is 17.1. The molecule has 1 heterocycles. The summed E-state index contributed by atoms with van der Waals surface area (Å²) in [7, 11) is -3.31. The molecule has 6 N–H and O–H groups in total. The summed E-state index contributed by atoms with van der Waals surface area (Å²) in [5.41, 5.74) is 9.71. The van der Waals surface area contributed by atoms with Gasteiger partial charge in [-0.2, -0.15) is 5.10 Å². The highest BCUT2D eigenvalue weighted by Gasteiger charge is 2.15. The summed E-state index contributed by atoms with van der Waals surface area (Å²) < 4.78 is 44.4. The van der Waals surface area contributed by atoms with E-state index in [-0.39, 0.29) is 24.7 Å². The molecule has 0 fully saturated rings. The largest absolute Gasteiger partial charge is 0.490 e. The third kappa shape index (κ3) is 5.90. The number of nitrogens with one attached hydrogen (secondary N) is 4. The molecule has 4 rings (SSSR count). The number of rotatable bonds is 8. The maximum absolute atomic E-state index is 13.9. The van der Waals surface area contributed by atoms with Crippen molar-refractivity contribution in [2.24, 2.45) is 0 Å². The predicted molar refractivity (Wildman–Crippen MR) is 138 cm³/mol. The Balaban J connectivity index is 1.48. The molecule has 10 nitrogen and oxygen atoms in total. The zero-order chi connectivity index (χ0) is 25.9. The first kappa shape index (κ1) is 24.9. The summed E-state index contributed by atoms with van der Waals surface area (Å²) >= 11 is 0. The highest BCUT2D eigenvalue weighted by atomic mass is 32.2. The van der Waals surface area contributed by atoms with Crippen molar-refractivity contribution in [2.75, 3.05) is 35.8 Å². The highest BCUT2D eigenvalue weighted by molar-refractivity contribution is 7.88. The Morgan fingerprint density at radius 2 is 1.86 bits per heavy atom. The molecule has 0 bridgehead atoms. The standard InChI is InChI=1S/C24H25FN6O4S/c1-14-3-9-18(25)19(13-14)29-24(32)28-16-6-4-15(5-7-16)17-8-10-20(22-21(17)23(26)31-30-22)35-12-11-27-36(2,33)34/h3-10,13,27H,11-12H2,1-2H3,(H3,26,30,31)(H2,28,29,32). The molecule has 3 aromatic carbocycles. The van der Waals surface area contributed by atoms with Gasteiger partial charge in [-0.25, -0.2) is 22.3 Å². The summed E-state index contributed by atoms with van der Waals surface area (Å²) in [6, 6.07) is 14.5. The number of nitrogen functional groups attached to an aromatic ring is 1. The molecule has 12 heteroatoms. The summed E-state index contributed by atoms with van der Waals surface area (Å²) in [6.45, 7) is 2.04. The Kier molecular flexibility index (Phi) is 7.08. The number of aromatic nitrogens is 2. The van der Waals surface area contributed by atoms with Gasteiger partial charge in [0.25, 0.3) is 0 Å². The first-order valence-electron chi connectivity index (χ1n) is 10.9. The number of anilines is 3. The van der Waals surface area contributed by atoms with E-state index in [1.165, 1.54) is 6.07 Å². The van der Waals surface area contributed by atoms with Crippen molar-refractivity contribution in [3.05, 3.63) is 66.0 Å². The zero-order valence-electron chi connectivity index (χ0n) is 19.6. The van der Waals surface area contributed by atoms with E-state index < -0.39 is 21.9 Å². The lowest BCUT2D eigenvalue weighted by atomic mass is 10.0. The van der Waals surface area contributed by atoms with E-state index in [0.29, 0.717) is 22.3 Å². The van der Waals surface area contributed by atoms with Crippen LogP contribution in [0.4, 0.5) is 26.4 Å². The number of nitrogens with two attached hydrogens (primary N) is 1. The summed E-state index contributed by atoms with van der Waals surface area (Å²) in [6.07, 6.45) is 1.08. The van der Waals surface area contributed by atoms with E-state index in [2.05, 4.69) is 25.6 Å². The topological polar surface area (TPSA) is 151 Å². The number of nitrogens with zero attached hydrogens (tertiary/aromatic N) is 1. The monoisotopic (exact) mass is 512 g/mol. The molecule has 0 atom stereocenters. The second kappa shape index (κ2) is 10.2. The SMILES string of the molecule is Cc1ccc(F)c(NC(=O)Nc2ccc(-c3ccc(OCCNS(C)(=O)=O)c4[nH]nc(N)c34)cc2)c1. The Morgan fingerprint density at radius 3 is 2.58 bits per heavy atom. The van der Waals surface area contributed by atoms with Crippen LogP contribution in [0.3, 0.4) is 0 Å². The number of amides is 2. The smallest absolute Gasteiger partial charge is 0.323 e. The Bertz CT molecular complexity index is 1520. The van der Waals surface area contributed by atoms with Crippen LogP contribution in [0.5, 0.6) is 5.75 Å². The Labute approximate surface area is 207 Å². The number of urea groups is 1. The van der Waals surface area contributed by atoms with Crippen molar-refractivity contribution < 1.29 is 22.3 Å². The molecule has 0 saturated carbocycles. The maximum Gasteiger partial charge on any atom is 0.323 e. The van der Waals surface area contributed by atoms with Gasteiger partial charge in [0.2, 0.25) is 10.0 Å². The summed E-state index contributed by atoms with van der Waals surface area (Å²) in [5, 5.41) is 12.8. The number of carbonyl (C=O) groups excluding carboxylic acids is 1. The number of aryl methyl sites for hydroxylation is 1. The second-order valence-corrected chi connectivity index (χ2v) is 9.96. The van der Waals surface area contributed by atoms with E-state index >= 15 is 0 Å². The molecule has 0 aliphatic rings. The molecular weight excluding hydrogens is 487 g/mol. The van der Waals surface area contributed by atoms with Gasteiger partial charge in [0.05, 0.1) is 17.3 Å². The number of halogens is 1. The fraction of sp³-hybridized carbons (Fsp3) is 0.167. The fourth-order valence-corrected chi connectivity index (χ4v) is 4.09. The average Bonchev–Trinajstić information content (AvgIpc) is 3.21. The number of H-pyrrole nitrogens is 1. The van der Waals surface area contributed by atoms with Gasteiger partial charge in [0.15, 0.2) is 5.82 Å². The van der Waals surface area contributed by atoms with Crippen molar-refractivity contribution >= 4 is 44.1 Å². The number of aromatic amines is 1. The molecule has 0 unspecified atom stereocenters. The van der Waals surface area contributed by atoms with Crippen molar-refractivity contribution in [1.29, 1.82) is 0 Å². The second-order valence-electron chi connectivity index (χ2n) is 8.12. The van der Waals surface area contributed by atoms with Crippen LogP contribution in [0.2, 0.25) is 0 Å². The van der Waals surface area contributed by atoms with Crippen LogP contribution in [-0.2, 0) is 10.0 Å². The molecule has 36 heavy (non-hydrogen) atoms. The number of carbonyl (C=O) groups is 1. The van der Waals surface area contributed by atoms with Gasteiger partial charge in [-0.15, -0.1) is 0 Å². The van der Waals surface area contributed by atoms with Crippen LogP contribution >= 0.6 is 0 Å². The minimum Gasteiger partial charge on any atom is -0.490 e. The lowest BCUT2D eigenvalue weighted by molar-refractivity contribution is 0.262. The number of benzene rings is 3. The third-order valence-corrected chi connectivity index (χ3v) is 5.99. The lowest BCUT2D eigenvalue weighted by Crippen LogP contribution is -2.26. The van der Waals surface area contributed by atoms with Crippen molar-refractivity contribution in [1.82, 2.24) is 14.9 Å². The van der Waals surface area contributed by atoms with Gasteiger partial charge < -0.3 is 21.1 Å². The van der Waals surface area contributed by atoms with E-state index in [4.69, 9.17) is 10.5 Å². The van der Waals surface area contributed by atoms with Gasteiger partial charge in [-0.1, -0.05) is 18.2 Å². The third-order valence-electron chi connectivity index (χ3n) is 5.26.